The van der Waals surface area contributed by atoms with Gasteiger partial charge in [0.15, 0.2) is 0 Å². The smallest absolute Gasteiger partial charge is 0.306 e. The first-order valence-electron chi connectivity index (χ1n) is 7.87. The zero-order valence-corrected chi connectivity index (χ0v) is 12.7. The minimum atomic E-state index is -0.746. The first kappa shape index (κ1) is 15.0. The fourth-order valence-corrected chi connectivity index (χ4v) is 4.03. The van der Waals surface area contributed by atoms with E-state index in [-0.39, 0.29) is 29.7 Å². The number of aliphatic carboxylic acids is 1. The molecule has 1 N–H and O–H groups in total. The first-order valence-corrected chi connectivity index (χ1v) is 7.87. The van der Waals surface area contributed by atoms with Crippen LogP contribution in [-0.2, 0) is 14.4 Å². The van der Waals surface area contributed by atoms with E-state index in [0.717, 1.165) is 19.3 Å². The highest BCUT2D eigenvalue weighted by Crippen LogP contribution is 2.40. The second kappa shape index (κ2) is 5.70. The summed E-state index contributed by atoms with van der Waals surface area (Å²) in [4.78, 5) is 37.4. The van der Waals surface area contributed by atoms with Crippen LogP contribution in [-0.4, -0.2) is 58.1 Å². The summed E-state index contributed by atoms with van der Waals surface area (Å²) in [5.74, 6) is -1.24. The zero-order valence-electron chi connectivity index (χ0n) is 12.7. The van der Waals surface area contributed by atoms with Gasteiger partial charge < -0.3 is 10.0 Å². The van der Waals surface area contributed by atoms with E-state index in [9.17, 15) is 19.5 Å². The highest BCUT2D eigenvalue weighted by atomic mass is 16.4. The van der Waals surface area contributed by atoms with Crippen molar-refractivity contribution in [2.24, 2.45) is 16.9 Å². The number of carboxylic acids is 1. The average Bonchev–Trinajstić information content (AvgIpc) is 2.97. The second-order valence-electron chi connectivity index (χ2n) is 6.36. The molecule has 1 saturated carbocycles. The molecule has 2 aliphatic heterocycles. The molecule has 2 amide bonds. The van der Waals surface area contributed by atoms with Crippen LogP contribution in [0.1, 0.15) is 38.5 Å². The highest BCUT2D eigenvalue weighted by Gasteiger charge is 2.46. The summed E-state index contributed by atoms with van der Waals surface area (Å²) < 4.78 is 0. The third-order valence-corrected chi connectivity index (χ3v) is 5.16. The molecule has 22 heavy (non-hydrogen) atoms. The summed E-state index contributed by atoms with van der Waals surface area (Å²) in [6.45, 7) is 0.466. The van der Waals surface area contributed by atoms with Crippen molar-refractivity contribution >= 4 is 23.5 Å². The maximum absolute atomic E-state index is 12.7. The summed E-state index contributed by atoms with van der Waals surface area (Å²) in [6.07, 6.45) is 3.88. The average molecular weight is 307 g/mol. The van der Waals surface area contributed by atoms with Crippen molar-refractivity contribution in [2.45, 2.75) is 44.6 Å². The van der Waals surface area contributed by atoms with Gasteiger partial charge in [0.05, 0.1) is 5.92 Å². The van der Waals surface area contributed by atoms with Crippen LogP contribution >= 0.6 is 0 Å². The van der Waals surface area contributed by atoms with Crippen LogP contribution in [0.3, 0.4) is 0 Å². The van der Waals surface area contributed by atoms with Gasteiger partial charge in [0, 0.05) is 32.5 Å². The maximum atomic E-state index is 12.7. The number of carboxylic acid groups (broad SMARTS) is 1. The van der Waals surface area contributed by atoms with E-state index in [1.807, 2.05) is 0 Å². The maximum Gasteiger partial charge on any atom is 0.306 e. The number of hydrogen-bond acceptors (Lipinski definition) is 4. The van der Waals surface area contributed by atoms with Gasteiger partial charge in [-0.15, -0.1) is 0 Å². The minimum absolute atomic E-state index is 0.00739. The van der Waals surface area contributed by atoms with E-state index in [1.165, 1.54) is 5.01 Å². The fraction of sp³-hybridized carbons (Fsp3) is 0.733. The molecule has 7 heteroatoms. The number of carbonyl (C=O) groups is 3. The Morgan fingerprint density at radius 1 is 1.23 bits per heavy atom. The van der Waals surface area contributed by atoms with Crippen LogP contribution in [0.5, 0.6) is 0 Å². The standard InChI is InChI=1S/C15H21N3O4/c1-17-13(19)6-5-11(16-17)14(20)18-8-7-10(15(21)22)9-3-2-4-12(9)18/h9-10,12H,2-8H2,1H3,(H,21,22). The number of piperidine rings is 1. The molecule has 0 aromatic carbocycles. The van der Waals surface area contributed by atoms with Gasteiger partial charge in [-0.1, -0.05) is 6.42 Å². The topological polar surface area (TPSA) is 90.3 Å². The lowest BCUT2D eigenvalue weighted by molar-refractivity contribution is -0.149. The number of fused-ring (bicyclic) bond motifs is 1. The minimum Gasteiger partial charge on any atom is -0.481 e. The van der Waals surface area contributed by atoms with Gasteiger partial charge in [-0.25, -0.2) is 5.01 Å². The van der Waals surface area contributed by atoms with E-state index in [4.69, 9.17) is 0 Å². The van der Waals surface area contributed by atoms with Crippen molar-refractivity contribution in [3.63, 3.8) is 0 Å². The van der Waals surface area contributed by atoms with Crippen molar-refractivity contribution in [2.75, 3.05) is 13.6 Å². The Hall–Kier alpha value is -1.92. The molecule has 0 radical (unpaired) electrons. The molecular weight excluding hydrogens is 286 g/mol. The largest absolute Gasteiger partial charge is 0.481 e. The number of carbonyl (C=O) groups excluding carboxylic acids is 2. The summed E-state index contributed by atoms with van der Waals surface area (Å²) in [7, 11) is 1.56. The van der Waals surface area contributed by atoms with Crippen LogP contribution in [0.15, 0.2) is 5.10 Å². The lowest BCUT2D eigenvalue weighted by atomic mass is 9.81. The van der Waals surface area contributed by atoms with Crippen molar-refractivity contribution in [1.82, 2.24) is 9.91 Å². The van der Waals surface area contributed by atoms with E-state index in [0.29, 0.717) is 31.5 Å². The molecule has 3 rings (SSSR count). The summed E-state index contributed by atoms with van der Waals surface area (Å²) >= 11 is 0. The summed E-state index contributed by atoms with van der Waals surface area (Å²) in [5, 5.41) is 14.7. The predicted molar refractivity (Wildman–Crippen MR) is 78.0 cm³/mol. The third-order valence-electron chi connectivity index (χ3n) is 5.16. The van der Waals surface area contributed by atoms with Gasteiger partial charge in [-0.05, 0) is 25.2 Å². The lowest BCUT2D eigenvalue weighted by Gasteiger charge is -2.41. The molecule has 120 valence electrons. The van der Waals surface area contributed by atoms with Crippen molar-refractivity contribution in [3.8, 4) is 0 Å². The van der Waals surface area contributed by atoms with Crippen molar-refractivity contribution in [3.05, 3.63) is 0 Å². The van der Waals surface area contributed by atoms with E-state index >= 15 is 0 Å². The van der Waals surface area contributed by atoms with E-state index < -0.39 is 5.97 Å². The van der Waals surface area contributed by atoms with Crippen LogP contribution in [0, 0.1) is 11.8 Å². The number of nitrogens with zero attached hydrogens (tertiary/aromatic N) is 3. The summed E-state index contributed by atoms with van der Waals surface area (Å²) in [6, 6.07) is 0.00739. The molecule has 2 fully saturated rings. The molecule has 3 atom stereocenters. The van der Waals surface area contributed by atoms with E-state index in [2.05, 4.69) is 5.10 Å². The molecule has 1 saturated heterocycles. The van der Waals surface area contributed by atoms with Crippen LogP contribution in [0.4, 0.5) is 0 Å². The molecule has 3 unspecified atom stereocenters. The Morgan fingerprint density at radius 2 is 2.00 bits per heavy atom. The van der Waals surface area contributed by atoms with Crippen LogP contribution < -0.4 is 0 Å². The quantitative estimate of drug-likeness (QED) is 0.813. The molecule has 7 nitrogen and oxygen atoms in total. The Kier molecular flexibility index (Phi) is 3.88. The van der Waals surface area contributed by atoms with Gasteiger partial charge in [-0.2, -0.15) is 5.10 Å². The number of hydrazone groups is 1. The van der Waals surface area contributed by atoms with Gasteiger partial charge in [0.25, 0.3) is 5.91 Å². The Bertz CT molecular complexity index is 545. The van der Waals surface area contributed by atoms with E-state index in [1.54, 1.807) is 11.9 Å². The molecule has 1 aliphatic carbocycles. The molecule has 0 spiro atoms. The normalized spacial score (nSPS) is 31.8. The monoisotopic (exact) mass is 307 g/mol. The molecule has 0 aromatic rings. The lowest BCUT2D eigenvalue weighted by Crippen LogP contribution is -2.53. The molecular formula is C15H21N3O4. The van der Waals surface area contributed by atoms with Gasteiger partial charge >= 0.3 is 5.97 Å². The van der Waals surface area contributed by atoms with Gasteiger partial charge in [-0.3, -0.25) is 14.4 Å². The van der Waals surface area contributed by atoms with Gasteiger partial charge in [0.2, 0.25) is 5.91 Å². The first-order chi connectivity index (χ1) is 10.5. The van der Waals surface area contributed by atoms with Crippen LogP contribution in [0.2, 0.25) is 0 Å². The summed E-state index contributed by atoms with van der Waals surface area (Å²) in [5.41, 5.74) is 0.418. The zero-order chi connectivity index (χ0) is 15.9. The van der Waals surface area contributed by atoms with Crippen molar-refractivity contribution < 1.29 is 19.5 Å². The molecule has 3 aliphatic rings. The van der Waals surface area contributed by atoms with Crippen LogP contribution in [0.25, 0.3) is 0 Å². The molecule has 0 bridgehead atoms. The molecule has 0 aromatic heterocycles. The highest BCUT2D eigenvalue weighted by molar-refractivity contribution is 6.39. The van der Waals surface area contributed by atoms with Gasteiger partial charge in [0.1, 0.15) is 5.71 Å². The Labute approximate surface area is 128 Å². The van der Waals surface area contributed by atoms with Crippen molar-refractivity contribution in [1.29, 1.82) is 0 Å². The third kappa shape index (κ3) is 2.48. The number of likely N-dealkylation sites (tertiary alicyclic amines) is 1. The number of hydrogen-bond donors (Lipinski definition) is 1. The fourth-order valence-electron chi connectivity index (χ4n) is 4.03. The SMILES string of the molecule is CN1N=C(C(=O)N2CCC(C(=O)O)C3CCCC32)CCC1=O. The Balaban J connectivity index is 1.78. The number of amides is 2. The predicted octanol–water partition coefficient (Wildman–Crippen LogP) is 0.696. The molecule has 2 heterocycles. The Morgan fingerprint density at radius 3 is 2.68 bits per heavy atom. The second-order valence-corrected chi connectivity index (χ2v) is 6.36. The number of rotatable bonds is 2.